The predicted octanol–water partition coefficient (Wildman–Crippen LogP) is 3.73. The summed E-state index contributed by atoms with van der Waals surface area (Å²) >= 11 is 0. The molecule has 2 aliphatic rings. The number of methoxy groups -OCH3 is 4. The van der Waals surface area contributed by atoms with Crippen molar-refractivity contribution in [3.8, 4) is 23.0 Å². The van der Waals surface area contributed by atoms with Gasteiger partial charge in [0.15, 0.2) is 17.3 Å². The molecule has 0 spiro atoms. The van der Waals surface area contributed by atoms with Gasteiger partial charge in [0.25, 0.3) is 0 Å². The number of Topliss-reactive ketones (excluding diaryl/α,β-unsaturated/α-hetero) is 1. The number of rotatable bonds is 6. The van der Waals surface area contributed by atoms with Crippen LogP contribution in [0.15, 0.2) is 47.7 Å². The third kappa shape index (κ3) is 3.79. The fourth-order valence-corrected chi connectivity index (χ4v) is 4.75. The van der Waals surface area contributed by atoms with Gasteiger partial charge in [0.1, 0.15) is 5.75 Å². The second kappa shape index (κ2) is 8.94. The van der Waals surface area contributed by atoms with E-state index in [-0.39, 0.29) is 29.9 Å². The highest BCUT2D eigenvalue weighted by Crippen LogP contribution is 2.47. The van der Waals surface area contributed by atoms with Gasteiger partial charge < -0.3 is 24.3 Å². The Morgan fingerprint density at radius 1 is 0.812 bits per heavy atom. The van der Waals surface area contributed by atoms with E-state index in [9.17, 15) is 9.59 Å². The van der Waals surface area contributed by atoms with Gasteiger partial charge in [-0.15, -0.1) is 0 Å². The Morgan fingerprint density at radius 2 is 1.47 bits per heavy atom. The Hall–Kier alpha value is -3.48. The van der Waals surface area contributed by atoms with E-state index in [1.807, 2.05) is 36.4 Å². The zero-order valence-electron chi connectivity index (χ0n) is 18.7. The maximum atomic E-state index is 13.4. The number of nitrogens with one attached hydrogen (secondary N) is 1. The third-order valence-electron chi connectivity index (χ3n) is 6.21. The van der Waals surface area contributed by atoms with Crippen LogP contribution in [0.5, 0.6) is 23.0 Å². The highest BCUT2D eigenvalue weighted by molar-refractivity contribution is 6.02. The molecule has 0 fully saturated rings. The summed E-state index contributed by atoms with van der Waals surface area (Å²) in [7, 11) is 6.27. The van der Waals surface area contributed by atoms with Crippen molar-refractivity contribution < 1.29 is 28.5 Å². The first-order valence-electron chi connectivity index (χ1n) is 10.5. The first-order chi connectivity index (χ1) is 15.5. The van der Waals surface area contributed by atoms with Crippen molar-refractivity contribution in [1.82, 2.24) is 5.32 Å². The molecule has 1 heterocycles. The number of ketones is 1. The second-order valence-corrected chi connectivity index (χ2v) is 7.93. The largest absolute Gasteiger partial charge is 0.496 e. The number of para-hydroxylation sites is 1. The SMILES string of the molecule is COc1ccccc1[C@H]1CC(=O)NC2=C1C(=O)C[C@H](c1cc(OC)c(OC)c(OC)c1)C2. The molecule has 0 aromatic heterocycles. The molecule has 0 saturated carbocycles. The summed E-state index contributed by atoms with van der Waals surface area (Å²) in [6.45, 7) is 0. The molecule has 0 unspecified atom stereocenters. The van der Waals surface area contributed by atoms with Crippen LogP contribution in [0.1, 0.15) is 42.2 Å². The molecule has 4 rings (SSSR count). The number of benzene rings is 2. The molecule has 2 aromatic carbocycles. The van der Waals surface area contributed by atoms with Crippen LogP contribution in [0.2, 0.25) is 0 Å². The van der Waals surface area contributed by atoms with Crippen LogP contribution < -0.4 is 24.3 Å². The summed E-state index contributed by atoms with van der Waals surface area (Å²) < 4.78 is 21.9. The average molecular weight is 437 g/mol. The van der Waals surface area contributed by atoms with Gasteiger partial charge in [-0.3, -0.25) is 9.59 Å². The molecule has 2 aromatic rings. The third-order valence-corrected chi connectivity index (χ3v) is 6.21. The van der Waals surface area contributed by atoms with Crippen molar-refractivity contribution in [2.75, 3.05) is 28.4 Å². The van der Waals surface area contributed by atoms with Crippen LogP contribution in [0.25, 0.3) is 0 Å². The number of allylic oxidation sites excluding steroid dienone is 2. The molecule has 0 saturated heterocycles. The van der Waals surface area contributed by atoms with Crippen molar-refractivity contribution in [3.63, 3.8) is 0 Å². The van der Waals surface area contributed by atoms with Crippen molar-refractivity contribution in [1.29, 1.82) is 0 Å². The molecule has 2 atom stereocenters. The van der Waals surface area contributed by atoms with Crippen molar-refractivity contribution >= 4 is 11.7 Å². The molecule has 7 nitrogen and oxygen atoms in total. The van der Waals surface area contributed by atoms with Crippen LogP contribution in [-0.4, -0.2) is 40.1 Å². The first-order valence-corrected chi connectivity index (χ1v) is 10.5. The Kier molecular flexibility index (Phi) is 6.08. The van der Waals surface area contributed by atoms with Crippen LogP contribution in [0.3, 0.4) is 0 Å². The average Bonchev–Trinajstić information content (AvgIpc) is 2.81. The summed E-state index contributed by atoms with van der Waals surface area (Å²) in [6, 6.07) is 11.3. The molecule has 1 N–H and O–H groups in total. The lowest BCUT2D eigenvalue weighted by atomic mass is 9.73. The van der Waals surface area contributed by atoms with Gasteiger partial charge in [-0.25, -0.2) is 0 Å². The van der Waals surface area contributed by atoms with Gasteiger partial charge in [0.2, 0.25) is 11.7 Å². The monoisotopic (exact) mass is 437 g/mol. The number of hydrogen-bond acceptors (Lipinski definition) is 6. The number of carbonyl (C=O) groups excluding carboxylic acids is 2. The zero-order valence-corrected chi connectivity index (χ0v) is 18.7. The standard InChI is InChI=1S/C25H27NO6/c1-29-20-8-6-5-7-16(20)17-13-23(28)26-18-9-14(10-19(27)24(17)18)15-11-21(30-2)25(32-4)22(12-15)31-3/h5-8,11-12,14,17H,9-10,13H2,1-4H3,(H,26,28)/t14-,17-/m1/s1. The Balaban J connectivity index is 1.74. The summed E-state index contributed by atoms with van der Waals surface area (Å²) in [4.78, 5) is 26.0. The van der Waals surface area contributed by atoms with Crippen LogP contribution in [-0.2, 0) is 9.59 Å². The Morgan fingerprint density at radius 3 is 2.09 bits per heavy atom. The van der Waals surface area contributed by atoms with E-state index >= 15 is 0 Å². The van der Waals surface area contributed by atoms with E-state index in [0.29, 0.717) is 47.1 Å². The number of hydrogen-bond donors (Lipinski definition) is 1. The fourth-order valence-electron chi connectivity index (χ4n) is 4.75. The van der Waals surface area contributed by atoms with E-state index < -0.39 is 0 Å². The quantitative estimate of drug-likeness (QED) is 0.742. The maximum Gasteiger partial charge on any atom is 0.225 e. The second-order valence-electron chi connectivity index (χ2n) is 7.93. The molecule has 7 heteroatoms. The van der Waals surface area contributed by atoms with Crippen LogP contribution in [0, 0.1) is 0 Å². The van der Waals surface area contributed by atoms with Gasteiger partial charge in [-0.2, -0.15) is 0 Å². The molecule has 168 valence electrons. The summed E-state index contributed by atoms with van der Waals surface area (Å²) in [5, 5.41) is 2.96. The summed E-state index contributed by atoms with van der Waals surface area (Å²) in [5.74, 6) is 1.75. The van der Waals surface area contributed by atoms with Crippen molar-refractivity contribution in [2.45, 2.75) is 31.1 Å². The molecule has 0 bridgehead atoms. The normalized spacial score (nSPS) is 20.4. The Labute approximate surface area is 187 Å². The fraction of sp³-hybridized carbons (Fsp3) is 0.360. The van der Waals surface area contributed by atoms with Gasteiger partial charge in [0, 0.05) is 35.6 Å². The maximum absolute atomic E-state index is 13.4. The van der Waals surface area contributed by atoms with Crippen molar-refractivity contribution in [2.24, 2.45) is 0 Å². The van der Waals surface area contributed by atoms with E-state index in [1.165, 1.54) is 0 Å². The van der Waals surface area contributed by atoms with Gasteiger partial charge >= 0.3 is 0 Å². The molecule has 1 aliphatic heterocycles. The van der Waals surface area contributed by atoms with Gasteiger partial charge in [-0.1, -0.05) is 18.2 Å². The van der Waals surface area contributed by atoms with Gasteiger partial charge in [0.05, 0.1) is 28.4 Å². The summed E-state index contributed by atoms with van der Waals surface area (Å²) in [6.07, 6.45) is 1.09. The summed E-state index contributed by atoms with van der Waals surface area (Å²) in [5.41, 5.74) is 3.12. The lowest BCUT2D eigenvalue weighted by Gasteiger charge is -2.35. The molecule has 1 amide bonds. The first kappa shape index (κ1) is 21.7. The smallest absolute Gasteiger partial charge is 0.225 e. The predicted molar refractivity (Wildman–Crippen MR) is 119 cm³/mol. The highest BCUT2D eigenvalue weighted by Gasteiger charge is 2.39. The Bertz CT molecular complexity index is 1060. The van der Waals surface area contributed by atoms with E-state index in [2.05, 4.69) is 5.32 Å². The minimum Gasteiger partial charge on any atom is -0.496 e. The van der Waals surface area contributed by atoms with Crippen LogP contribution in [0.4, 0.5) is 0 Å². The number of carbonyl (C=O) groups is 2. The number of ether oxygens (including phenoxy) is 4. The highest BCUT2D eigenvalue weighted by atomic mass is 16.5. The number of amides is 1. The van der Waals surface area contributed by atoms with E-state index in [1.54, 1.807) is 28.4 Å². The molecule has 0 radical (unpaired) electrons. The zero-order chi connectivity index (χ0) is 22.8. The van der Waals surface area contributed by atoms with E-state index in [4.69, 9.17) is 18.9 Å². The van der Waals surface area contributed by atoms with Crippen LogP contribution >= 0.6 is 0 Å². The minimum absolute atomic E-state index is 0.0286. The molecule has 32 heavy (non-hydrogen) atoms. The topological polar surface area (TPSA) is 83.1 Å². The molecule has 1 aliphatic carbocycles. The lowest BCUT2D eigenvalue weighted by molar-refractivity contribution is -0.122. The van der Waals surface area contributed by atoms with E-state index in [0.717, 1.165) is 11.1 Å². The molecular weight excluding hydrogens is 410 g/mol. The van der Waals surface area contributed by atoms with Gasteiger partial charge in [-0.05, 0) is 36.1 Å². The molecular formula is C25H27NO6. The lowest BCUT2D eigenvalue weighted by Crippen LogP contribution is -2.38. The minimum atomic E-state index is -0.316. The van der Waals surface area contributed by atoms with Crippen molar-refractivity contribution in [3.05, 3.63) is 58.8 Å².